The molecule has 1 saturated heterocycles. The van der Waals surface area contributed by atoms with Gasteiger partial charge in [-0.3, -0.25) is 4.90 Å². The molecule has 5 atom stereocenters. The fourth-order valence-electron chi connectivity index (χ4n) is 5.08. The summed E-state index contributed by atoms with van der Waals surface area (Å²) in [7, 11) is 0. The number of aliphatic hydroxyl groups excluding tert-OH is 2. The van der Waals surface area contributed by atoms with Gasteiger partial charge in [0.2, 0.25) is 0 Å². The lowest BCUT2D eigenvalue weighted by molar-refractivity contribution is -0.0982. The number of aliphatic hydroxyl groups is 2. The highest BCUT2D eigenvalue weighted by Gasteiger charge is 2.55. The summed E-state index contributed by atoms with van der Waals surface area (Å²) in [6, 6.07) is 27.6. The van der Waals surface area contributed by atoms with Crippen LogP contribution in [0.15, 0.2) is 91.0 Å². The number of benzene rings is 3. The Kier molecular flexibility index (Phi) is 12.2. The first-order valence-corrected chi connectivity index (χ1v) is 14.3. The fourth-order valence-corrected chi connectivity index (χ4v) is 5.08. The maximum Gasteiger partial charge on any atom is 0.410 e. The average molecular weight is 564 g/mol. The number of hydrogen-bond acceptors (Lipinski definition) is 7. The van der Waals surface area contributed by atoms with Crippen LogP contribution in [0.3, 0.4) is 0 Å². The smallest absolute Gasteiger partial charge is 0.410 e. The van der Waals surface area contributed by atoms with E-state index in [1.807, 2.05) is 97.9 Å². The first-order valence-electron chi connectivity index (χ1n) is 14.3. The minimum atomic E-state index is -1.28. The molecule has 0 spiro atoms. The zero-order chi connectivity index (χ0) is 28.9. The van der Waals surface area contributed by atoms with Crippen LogP contribution in [0.5, 0.6) is 0 Å². The van der Waals surface area contributed by atoms with Gasteiger partial charge in [0.15, 0.2) is 0 Å². The molecule has 220 valence electrons. The van der Waals surface area contributed by atoms with Gasteiger partial charge in [0, 0.05) is 0 Å². The Labute approximate surface area is 242 Å². The Balaban J connectivity index is 1.64. The first kappa shape index (κ1) is 30.7. The average Bonchev–Trinajstić information content (AvgIpc) is 3.33. The van der Waals surface area contributed by atoms with Crippen LogP contribution in [-0.4, -0.2) is 71.4 Å². The molecule has 1 aliphatic heterocycles. The predicted octanol–water partition coefficient (Wildman–Crippen LogP) is 4.72. The van der Waals surface area contributed by atoms with E-state index in [0.717, 1.165) is 23.1 Å². The second-order valence-corrected chi connectivity index (χ2v) is 10.2. The Bertz CT molecular complexity index is 1150. The molecule has 3 aromatic rings. The van der Waals surface area contributed by atoms with Crippen molar-refractivity contribution in [3.8, 4) is 0 Å². The first-order chi connectivity index (χ1) is 20.1. The normalized spacial score (nSPS) is 21.1. The summed E-state index contributed by atoms with van der Waals surface area (Å²) in [4.78, 5) is 15.0. The van der Waals surface area contributed by atoms with Crippen LogP contribution in [0.1, 0.15) is 36.5 Å². The van der Waals surface area contributed by atoms with Crippen molar-refractivity contribution in [3.63, 3.8) is 0 Å². The van der Waals surface area contributed by atoms with E-state index in [-0.39, 0.29) is 26.4 Å². The maximum absolute atomic E-state index is 13.6. The van der Waals surface area contributed by atoms with E-state index in [4.69, 9.17) is 18.9 Å². The van der Waals surface area contributed by atoms with Crippen molar-refractivity contribution in [2.45, 2.75) is 70.0 Å². The van der Waals surface area contributed by atoms with Gasteiger partial charge in [-0.05, 0) is 23.1 Å². The molecule has 0 bridgehead atoms. The van der Waals surface area contributed by atoms with Crippen molar-refractivity contribution in [2.75, 3.05) is 19.8 Å². The number of likely N-dealkylation sites (tertiary alicyclic amines) is 1. The summed E-state index contributed by atoms with van der Waals surface area (Å²) in [5.74, 6) is 0. The molecular weight excluding hydrogens is 522 g/mol. The number of unbranched alkanes of at least 4 members (excludes halogenated alkanes) is 1. The van der Waals surface area contributed by atoms with Gasteiger partial charge in [-0.15, -0.1) is 0 Å². The van der Waals surface area contributed by atoms with E-state index in [2.05, 4.69) is 0 Å². The third kappa shape index (κ3) is 8.61. The quantitative estimate of drug-likeness (QED) is 0.258. The van der Waals surface area contributed by atoms with Gasteiger partial charge >= 0.3 is 6.09 Å². The fraction of sp³-hybridized carbons (Fsp3) is 0.424. The van der Waals surface area contributed by atoms with Crippen LogP contribution in [0.4, 0.5) is 4.79 Å². The summed E-state index contributed by atoms with van der Waals surface area (Å²) in [6.45, 7) is 2.67. The minimum absolute atomic E-state index is 0.122. The van der Waals surface area contributed by atoms with Gasteiger partial charge in [0.25, 0.3) is 0 Å². The maximum atomic E-state index is 13.6. The van der Waals surface area contributed by atoms with Crippen LogP contribution in [0.2, 0.25) is 0 Å². The Morgan fingerprint density at radius 3 is 1.83 bits per heavy atom. The highest BCUT2D eigenvalue weighted by atomic mass is 16.6. The molecule has 3 aromatic carbocycles. The summed E-state index contributed by atoms with van der Waals surface area (Å²) in [6.07, 6.45) is -1.72. The molecule has 8 heteroatoms. The summed E-state index contributed by atoms with van der Waals surface area (Å²) >= 11 is 0. The number of rotatable bonds is 15. The third-order valence-electron chi connectivity index (χ3n) is 7.20. The Morgan fingerprint density at radius 1 is 0.805 bits per heavy atom. The Morgan fingerprint density at radius 2 is 1.32 bits per heavy atom. The van der Waals surface area contributed by atoms with E-state index >= 15 is 0 Å². The number of ether oxygens (including phenoxy) is 4. The van der Waals surface area contributed by atoms with Gasteiger partial charge < -0.3 is 29.2 Å². The summed E-state index contributed by atoms with van der Waals surface area (Å²) in [5, 5.41) is 21.1. The van der Waals surface area contributed by atoms with E-state index in [9.17, 15) is 15.0 Å². The lowest BCUT2D eigenvalue weighted by Crippen LogP contribution is -2.52. The van der Waals surface area contributed by atoms with Crippen LogP contribution in [0.25, 0.3) is 0 Å². The molecule has 0 saturated carbocycles. The topological polar surface area (TPSA) is 97.7 Å². The van der Waals surface area contributed by atoms with Crippen LogP contribution in [0, 0.1) is 0 Å². The molecule has 0 radical (unpaired) electrons. The van der Waals surface area contributed by atoms with Gasteiger partial charge in [-0.1, -0.05) is 104 Å². The molecule has 0 aliphatic carbocycles. The highest BCUT2D eigenvalue weighted by Crippen LogP contribution is 2.34. The van der Waals surface area contributed by atoms with Crippen molar-refractivity contribution in [3.05, 3.63) is 108 Å². The van der Waals surface area contributed by atoms with Crippen molar-refractivity contribution < 1.29 is 34.0 Å². The van der Waals surface area contributed by atoms with Gasteiger partial charge in [-0.25, -0.2) is 4.79 Å². The molecule has 1 fully saturated rings. The summed E-state index contributed by atoms with van der Waals surface area (Å²) < 4.78 is 24.7. The molecule has 1 aliphatic rings. The van der Waals surface area contributed by atoms with Gasteiger partial charge in [-0.2, -0.15) is 0 Å². The standard InChI is InChI=1S/C33H41NO7/c1-2-3-19-39-33(37)34-28(24-38-21-25-13-7-4-8-14-25)31(40-22-26-15-9-5-10-16-26)32(30(34)29(36)20-35)41-23-27-17-11-6-12-18-27/h4-18,28-32,35-36H,2-3,19-24H2,1H3/t28-,29?,30-,31-,32-/m1/s1. The zero-order valence-corrected chi connectivity index (χ0v) is 23.6. The van der Waals surface area contributed by atoms with Crippen molar-refractivity contribution in [1.29, 1.82) is 0 Å². The SMILES string of the molecule is CCCCOC(=O)N1[C@H](COCc2ccccc2)[C@@H](OCc2ccccc2)[C@H](OCc2ccccc2)[C@H]1C(O)CO. The van der Waals surface area contributed by atoms with Crippen molar-refractivity contribution >= 4 is 6.09 Å². The molecular formula is C33H41NO7. The minimum Gasteiger partial charge on any atom is -0.449 e. The summed E-state index contributed by atoms with van der Waals surface area (Å²) in [5.41, 5.74) is 2.89. The molecule has 1 heterocycles. The zero-order valence-electron chi connectivity index (χ0n) is 23.6. The largest absolute Gasteiger partial charge is 0.449 e. The second kappa shape index (κ2) is 16.2. The molecule has 41 heavy (non-hydrogen) atoms. The van der Waals surface area contributed by atoms with E-state index < -0.39 is 43.1 Å². The number of carbonyl (C=O) groups is 1. The van der Waals surface area contributed by atoms with Gasteiger partial charge in [0.05, 0.1) is 51.7 Å². The lowest BCUT2D eigenvalue weighted by Gasteiger charge is -2.32. The van der Waals surface area contributed by atoms with Crippen LogP contribution in [-0.2, 0) is 38.8 Å². The molecule has 1 unspecified atom stereocenters. The monoisotopic (exact) mass is 563 g/mol. The van der Waals surface area contributed by atoms with Crippen LogP contribution < -0.4 is 0 Å². The number of nitrogens with zero attached hydrogens (tertiary/aromatic N) is 1. The highest BCUT2D eigenvalue weighted by molar-refractivity contribution is 5.69. The number of amides is 1. The molecule has 0 aromatic heterocycles. The van der Waals surface area contributed by atoms with Crippen molar-refractivity contribution in [2.24, 2.45) is 0 Å². The second-order valence-electron chi connectivity index (χ2n) is 10.2. The van der Waals surface area contributed by atoms with Gasteiger partial charge in [0.1, 0.15) is 18.3 Å². The molecule has 1 amide bonds. The van der Waals surface area contributed by atoms with Crippen LogP contribution >= 0.6 is 0 Å². The van der Waals surface area contributed by atoms with E-state index in [1.54, 1.807) is 0 Å². The van der Waals surface area contributed by atoms with E-state index in [1.165, 1.54) is 4.90 Å². The lowest BCUT2D eigenvalue weighted by atomic mass is 10.0. The van der Waals surface area contributed by atoms with Crippen molar-refractivity contribution in [1.82, 2.24) is 4.90 Å². The number of hydrogen-bond donors (Lipinski definition) is 2. The third-order valence-corrected chi connectivity index (χ3v) is 7.20. The molecule has 8 nitrogen and oxygen atoms in total. The molecule has 4 rings (SSSR count). The molecule has 2 N–H and O–H groups in total. The number of carbonyl (C=O) groups excluding carboxylic acids is 1. The predicted molar refractivity (Wildman–Crippen MR) is 155 cm³/mol. The Hall–Kier alpha value is -3.27. The van der Waals surface area contributed by atoms with E-state index in [0.29, 0.717) is 13.0 Å².